The van der Waals surface area contributed by atoms with Crippen molar-refractivity contribution in [2.45, 2.75) is 64.3 Å². The van der Waals surface area contributed by atoms with Crippen LogP contribution in [0.5, 0.6) is 0 Å². The Bertz CT molecular complexity index is 950. The number of anilines is 1. The Balaban J connectivity index is 1.40. The first-order valence-electron chi connectivity index (χ1n) is 13.2. The van der Waals surface area contributed by atoms with Gasteiger partial charge in [0.25, 0.3) is 0 Å². The van der Waals surface area contributed by atoms with Gasteiger partial charge in [0, 0.05) is 37.1 Å². The quantitative estimate of drug-likeness (QED) is 0.596. The molecule has 2 aliphatic heterocycles. The fraction of sp³-hybridized carbons (Fsp3) is 0.731. The SMILES string of the molecule is CCCCN(C(=O)NCCN1CCCCC1)C(=O)C1CC2Cc3c(sc(N)c3C#N)CC2N(C)C1. The Kier molecular flexibility index (Phi) is 8.68. The van der Waals surface area contributed by atoms with Crippen LogP contribution in [-0.2, 0) is 17.6 Å². The summed E-state index contributed by atoms with van der Waals surface area (Å²) >= 11 is 1.54. The number of thiophene rings is 1. The highest BCUT2D eigenvalue weighted by Gasteiger charge is 2.43. The number of nitriles is 1. The molecule has 0 spiro atoms. The van der Waals surface area contributed by atoms with Gasteiger partial charge in [-0.25, -0.2) is 4.79 Å². The highest BCUT2D eigenvalue weighted by atomic mass is 32.1. The maximum Gasteiger partial charge on any atom is 0.324 e. The number of urea groups is 1. The van der Waals surface area contributed by atoms with Gasteiger partial charge in [-0.15, -0.1) is 11.3 Å². The summed E-state index contributed by atoms with van der Waals surface area (Å²) in [5, 5.41) is 13.2. The molecule has 3 atom stereocenters. The summed E-state index contributed by atoms with van der Waals surface area (Å²) in [6.07, 6.45) is 7.88. The molecule has 0 saturated carbocycles. The normalized spacial score (nSPS) is 24.8. The zero-order chi connectivity index (χ0) is 24.9. The first kappa shape index (κ1) is 25.9. The van der Waals surface area contributed by atoms with Crippen LogP contribution >= 0.6 is 11.3 Å². The number of nitrogens with one attached hydrogen (secondary N) is 1. The molecule has 8 nitrogen and oxygen atoms in total. The van der Waals surface area contributed by atoms with E-state index in [-0.39, 0.29) is 23.8 Å². The number of hydrogen-bond acceptors (Lipinski definition) is 7. The van der Waals surface area contributed by atoms with Crippen LogP contribution < -0.4 is 11.1 Å². The van der Waals surface area contributed by atoms with E-state index in [1.165, 1.54) is 40.4 Å². The van der Waals surface area contributed by atoms with Crippen molar-refractivity contribution in [1.29, 1.82) is 5.26 Å². The molecule has 2 fully saturated rings. The van der Waals surface area contributed by atoms with Gasteiger partial charge in [0.2, 0.25) is 5.91 Å². The van der Waals surface area contributed by atoms with Crippen LogP contribution in [0.1, 0.15) is 61.5 Å². The highest BCUT2D eigenvalue weighted by Crippen LogP contribution is 2.43. The lowest BCUT2D eigenvalue weighted by Gasteiger charge is -2.45. The van der Waals surface area contributed by atoms with Gasteiger partial charge in [-0.3, -0.25) is 9.69 Å². The van der Waals surface area contributed by atoms with E-state index in [9.17, 15) is 14.9 Å². The molecule has 1 aromatic rings. The van der Waals surface area contributed by atoms with Crippen LogP contribution in [0, 0.1) is 23.2 Å². The van der Waals surface area contributed by atoms with E-state index in [0.29, 0.717) is 36.2 Å². The van der Waals surface area contributed by atoms with Crippen molar-refractivity contribution in [3.8, 4) is 6.07 Å². The van der Waals surface area contributed by atoms with E-state index in [2.05, 4.69) is 35.2 Å². The molecule has 0 radical (unpaired) electrons. The molecule has 4 rings (SSSR count). The molecule has 2 saturated heterocycles. The van der Waals surface area contributed by atoms with Crippen LogP contribution in [0.4, 0.5) is 9.80 Å². The van der Waals surface area contributed by atoms with Gasteiger partial charge < -0.3 is 20.9 Å². The zero-order valence-corrected chi connectivity index (χ0v) is 22.0. The minimum atomic E-state index is -0.256. The van der Waals surface area contributed by atoms with Crippen LogP contribution in [0.25, 0.3) is 0 Å². The second-order valence-electron chi connectivity index (χ2n) is 10.4. The molecule has 3 N–H and O–H groups in total. The molecule has 0 aromatic carbocycles. The number of imide groups is 1. The second kappa shape index (κ2) is 11.7. The predicted octanol–water partition coefficient (Wildman–Crippen LogP) is 3.06. The molecular formula is C26H40N6O2S. The predicted molar refractivity (Wildman–Crippen MR) is 139 cm³/mol. The number of piperidine rings is 2. The number of amides is 3. The van der Waals surface area contributed by atoms with Gasteiger partial charge in [-0.2, -0.15) is 5.26 Å². The number of carbonyl (C=O) groups is 2. The third-order valence-electron chi connectivity index (χ3n) is 8.05. The number of fused-ring (bicyclic) bond motifs is 2. The maximum absolute atomic E-state index is 13.7. The lowest BCUT2D eigenvalue weighted by Crippen LogP contribution is -2.55. The van der Waals surface area contributed by atoms with Crippen molar-refractivity contribution >= 4 is 28.3 Å². The molecule has 1 aromatic heterocycles. The first-order valence-corrected chi connectivity index (χ1v) is 14.1. The Morgan fingerprint density at radius 1 is 1.26 bits per heavy atom. The number of nitrogen functional groups attached to an aromatic ring is 1. The molecule has 9 heteroatoms. The van der Waals surface area contributed by atoms with Crippen LogP contribution in [0.3, 0.4) is 0 Å². The van der Waals surface area contributed by atoms with E-state index >= 15 is 0 Å². The van der Waals surface area contributed by atoms with Crippen molar-refractivity contribution in [2.75, 3.05) is 52.0 Å². The lowest BCUT2D eigenvalue weighted by atomic mass is 9.74. The number of likely N-dealkylation sites (N-methyl/N-ethyl adjacent to an activating group) is 1. The summed E-state index contributed by atoms with van der Waals surface area (Å²) < 4.78 is 0. The number of hydrogen-bond donors (Lipinski definition) is 2. The Morgan fingerprint density at radius 3 is 2.74 bits per heavy atom. The van der Waals surface area contributed by atoms with Gasteiger partial charge in [-0.05, 0) is 70.1 Å². The largest absolute Gasteiger partial charge is 0.389 e. The summed E-state index contributed by atoms with van der Waals surface area (Å²) in [6, 6.07) is 2.37. The van der Waals surface area contributed by atoms with Crippen molar-refractivity contribution in [2.24, 2.45) is 11.8 Å². The first-order chi connectivity index (χ1) is 16.9. The topological polar surface area (TPSA) is 106 Å². The van der Waals surface area contributed by atoms with Crippen LogP contribution in [0.2, 0.25) is 0 Å². The second-order valence-corrected chi connectivity index (χ2v) is 11.6. The molecule has 3 heterocycles. The van der Waals surface area contributed by atoms with Crippen LogP contribution in [0.15, 0.2) is 0 Å². The standard InChI is InChI=1S/C26H40N6O2S/c1-3-4-11-32(26(34)29-8-12-31-9-6-5-7-10-31)25(33)19-13-18-14-20-21(16-27)24(28)35-23(20)15-22(18)30(2)17-19/h18-19,22H,3-15,17,28H2,1-2H3,(H,29,34). The third-order valence-corrected chi connectivity index (χ3v) is 9.13. The Hall–Kier alpha value is -2.15. The van der Waals surface area contributed by atoms with Crippen molar-refractivity contribution in [3.63, 3.8) is 0 Å². The summed E-state index contributed by atoms with van der Waals surface area (Å²) in [6.45, 7) is 6.80. The summed E-state index contributed by atoms with van der Waals surface area (Å²) in [5.41, 5.74) is 7.81. The number of unbranched alkanes of at least 4 members (excludes halogenated alkanes) is 1. The molecule has 35 heavy (non-hydrogen) atoms. The lowest BCUT2D eigenvalue weighted by molar-refractivity contribution is -0.136. The number of nitrogens with two attached hydrogens (primary N) is 1. The number of nitrogens with zero attached hydrogens (tertiary/aromatic N) is 4. The number of carbonyl (C=O) groups excluding carboxylic acids is 2. The molecule has 3 aliphatic rings. The van der Waals surface area contributed by atoms with Gasteiger partial charge in [0.1, 0.15) is 11.1 Å². The highest BCUT2D eigenvalue weighted by molar-refractivity contribution is 7.16. The fourth-order valence-corrected chi connectivity index (χ4v) is 7.20. The van der Waals surface area contributed by atoms with Gasteiger partial charge >= 0.3 is 6.03 Å². The summed E-state index contributed by atoms with van der Waals surface area (Å²) in [7, 11) is 2.08. The van der Waals surface area contributed by atoms with E-state index in [0.717, 1.165) is 57.3 Å². The molecular weight excluding hydrogens is 460 g/mol. The average Bonchev–Trinajstić information content (AvgIpc) is 3.17. The molecule has 0 bridgehead atoms. The van der Waals surface area contributed by atoms with E-state index in [4.69, 9.17) is 5.73 Å². The molecule has 3 unspecified atom stereocenters. The number of likely N-dealkylation sites (tertiary alicyclic amines) is 2. The van der Waals surface area contributed by atoms with Gasteiger partial charge in [0.15, 0.2) is 0 Å². The fourth-order valence-electron chi connectivity index (χ4n) is 6.10. The average molecular weight is 501 g/mol. The monoisotopic (exact) mass is 500 g/mol. The number of rotatable bonds is 7. The minimum absolute atomic E-state index is 0.0599. The van der Waals surface area contributed by atoms with E-state index in [1.807, 2.05) is 0 Å². The molecule has 192 valence electrons. The van der Waals surface area contributed by atoms with Crippen molar-refractivity contribution in [1.82, 2.24) is 20.0 Å². The summed E-state index contributed by atoms with van der Waals surface area (Å²) in [5.74, 6) is 0.0101. The van der Waals surface area contributed by atoms with Crippen molar-refractivity contribution < 1.29 is 9.59 Å². The van der Waals surface area contributed by atoms with Gasteiger partial charge in [-0.1, -0.05) is 19.8 Å². The molecule has 3 amide bonds. The smallest absolute Gasteiger partial charge is 0.324 e. The maximum atomic E-state index is 13.7. The Morgan fingerprint density at radius 2 is 2.03 bits per heavy atom. The van der Waals surface area contributed by atoms with Crippen LogP contribution in [-0.4, -0.2) is 79.0 Å². The van der Waals surface area contributed by atoms with E-state index < -0.39 is 0 Å². The van der Waals surface area contributed by atoms with Gasteiger partial charge in [0.05, 0.1) is 11.5 Å². The Labute approximate surface area is 213 Å². The minimum Gasteiger partial charge on any atom is -0.389 e. The van der Waals surface area contributed by atoms with E-state index in [1.54, 1.807) is 0 Å². The molecule has 1 aliphatic carbocycles. The summed E-state index contributed by atoms with van der Waals surface area (Å²) in [4.78, 5) is 34.1. The third kappa shape index (κ3) is 5.82. The zero-order valence-electron chi connectivity index (χ0n) is 21.2. The van der Waals surface area contributed by atoms with Crippen molar-refractivity contribution in [3.05, 3.63) is 16.0 Å².